The van der Waals surface area contributed by atoms with Gasteiger partial charge in [-0.2, -0.15) is 10.5 Å². The summed E-state index contributed by atoms with van der Waals surface area (Å²) < 4.78 is 0. The number of nitrogens with one attached hydrogen (secondary N) is 2. The van der Waals surface area contributed by atoms with Gasteiger partial charge in [0.1, 0.15) is 5.54 Å². The van der Waals surface area contributed by atoms with Gasteiger partial charge in [-0.1, -0.05) is 0 Å². The first-order valence-electron chi connectivity index (χ1n) is 8.87. The second-order valence-corrected chi connectivity index (χ2v) is 7.54. The molecule has 2 rings (SSSR count). The van der Waals surface area contributed by atoms with E-state index in [0.717, 1.165) is 44.9 Å². The number of nitrogens with two attached hydrogens (primary N) is 3. The maximum atomic E-state index is 9.43. The van der Waals surface area contributed by atoms with Crippen molar-refractivity contribution in [1.29, 1.82) is 15.9 Å². The van der Waals surface area contributed by atoms with Crippen molar-refractivity contribution < 1.29 is 0 Å². The Bertz CT molecular complexity index is 591. The number of nitriles is 2. The van der Waals surface area contributed by atoms with E-state index in [-0.39, 0.29) is 11.9 Å². The van der Waals surface area contributed by atoms with Crippen LogP contribution in [0.1, 0.15) is 57.8 Å². The number of hydrogen-bond donors (Lipinski definition) is 5. The van der Waals surface area contributed by atoms with E-state index in [0.29, 0.717) is 24.7 Å². The summed E-state index contributed by atoms with van der Waals surface area (Å²) in [6.45, 7) is 0. The second kappa shape index (κ2) is 7.60. The van der Waals surface area contributed by atoms with Crippen LogP contribution in [0.15, 0.2) is 4.99 Å². The van der Waals surface area contributed by atoms with Crippen molar-refractivity contribution in [2.24, 2.45) is 34.0 Å². The van der Waals surface area contributed by atoms with Gasteiger partial charge in [0.2, 0.25) is 0 Å². The lowest BCUT2D eigenvalue weighted by Gasteiger charge is -2.38. The van der Waals surface area contributed by atoms with Crippen LogP contribution in [-0.4, -0.2) is 23.0 Å². The fraction of sp³-hybridized carbons (Fsp3) is 0.765. The van der Waals surface area contributed by atoms with Crippen LogP contribution in [0.5, 0.6) is 0 Å². The molecule has 8 nitrogen and oxygen atoms in total. The van der Waals surface area contributed by atoms with Gasteiger partial charge < -0.3 is 22.5 Å². The van der Waals surface area contributed by atoms with Crippen molar-refractivity contribution in [3.05, 3.63) is 0 Å². The maximum Gasteiger partial charge on any atom is 0.187 e. The van der Waals surface area contributed by atoms with Crippen molar-refractivity contribution in [1.82, 2.24) is 5.32 Å². The van der Waals surface area contributed by atoms with Gasteiger partial charge in [-0.15, -0.1) is 0 Å². The fourth-order valence-corrected chi connectivity index (χ4v) is 4.29. The topological polar surface area (TPSA) is 174 Å². The molecule has 0 amide bonds. The molecule has 0 atom stereocenters. The van der Waals surface area contributed by atoms with E-state index < -0.39 is 11.1 Å². The monoisotopic (exact) mass is 344 g/mol. The highest BCUT2D eigenvalue weighted by Crippen LogP contribution is 2.41. The number of nitrogens with zero attached hydrogens (tertiary/aromatic N) is 3. The summed E-state index contributed by atoms with van der Waals surface area (Å²) in [5.41, 5.74) is 14.9. The van der Waals surface area contributed by atoms with Crippen LogP contribution in [0, 0.1) is 39.9 Å². The minimum atomic E-state index is -0.747. The molecular formula is C17H28N8. The lowest BCUT2D eigenvalue weighted by atomic mass is 9.70. The van der Waals surface area contributed by atoms with E-state index >= 15 is 0 Å². The molecule has 0 aromatic rings. The molecule has 2 aliphatic carbocycles. The molecule has 0 aromatic heterocycles. The van der Waals surface area contributed by atoms with Crippen molar-refractivity contribution in [2.75, 3.05) is 0 Å². The van der Waals surface area contributed by atoms with E-state index in [4.69, 9.17) is 22.6 Å². The Morgan fingerprint density at radius 3 is 1.92 bits per heavy atom. The minimum Gasteiger partial charge on any atom is -0.370 e. The Hall–Kier alpha value is -2.48. The molecule has 2 aliphatic rings. The van der Waals surface area contributed by atoms with Gasteiger partial charge in [0.05, 0.1) is 12.1 Å². The summed E-state index contributed by atoms with van der Waals surface area (Å²) >= 11 is 0. The Labute approximate surface area is 149 Å². The molecule has 0 aromatic carbocycles. The second-order valence-electron chi connectivity index (χ2n) is 7.54. The molecule has 0 heterocycles. The van der Waals surface area contributed by atoms with Gasteiger partial charge >= 0.3 is 0 Å². The molecular weight excluding hydrogens is 316 g/mol. The first-order valence-corrected chi connectivity index (χ1v) is 8.87. The summed E-state index contributed by atoms with van der Waals surface area (Å²) in [6.07, 6.45) is 7.78. The standard InChI is InChI=1S/C17H28N8/c18-10-16(24-14(20)21)5-1-12(2-6-16)9-13-3-7-17(11-19,8-4-13)25-15(22)23/h12-13H,1-9H2,(H4,20,21,24)(H4,22,23,25). The molecule has 0 spiro atoms. The third-order valence-corrected chi connectivity index (χ3v) is 5.70. The zero-order chi connectivity index (χ0) is 18.5. The molecule has 0 bridgehead atoms. The van der Waals surface area contributed by atoms with Gasteiger partial charge in [0, 0.05) is 0 Å². The lowest BCUT2D eigenvalue weighted by Crippen LogP contribution is -2.52. The highest BCUT2D eigenvalue weighted by Gasteiger charge is 2.39. The molecule has 2 saturated carbocycles. The Balaban J connectivity index is 1.84. The highest BCUT2D eigenvalue weighted by atomic mass is 15.1. The Kier molecular flexibility index (Phi) is 5.73. The minimum absolute atomic E-state index is 0.0157. The van der Waals surface area contributed by atoms with Gasteiger partial charge in [-0.05, 0) is 69.6 Å². The predicted octanol–water partition coefficient (Wildman–Crippen LogP) is 1.04. The normalized spacial score (nSPS) is 35.0. The molecule has 0 unspecified atom stereocenters. The average molecular weight is 344 g/mol. The number of guanidine groups is 2. The molecule has 8 N–H and O–H groups in total. The average Bonchev–Trinajstić information content (AvgIpc) is 2.57. The SMILES string of the molecule is N#CC1(N=C(N)N)CCC(CC2CCC(C#N)(NC(=N)N)CC2)CC1. The van der Waals surface area contributed by atoms with E-state index in [2.05, 4.69) is 22.4 Å². The first-order chi connectivity index (χ1) is 11.8. The van der Waals surface area contributed by atoms with E-state index in [1.165, 1.54) is 0 Å². The molecule has 0 aliphatic heterocycles. The van der Waals surface area contributed by atoms with Gasteiger partial charge in [-0.3, -0.25) is 5.41 Å². The number of rotatable bonds is 4. The largest absolute Gasteiger partial charge is 0.370 e. The summed E-state index contributed by atoms with van der Waals surface area (Å²) in [4.78, 5) is 4.16. The zero-order valence-corrected chi connectivity index (χ0v) is 14.6. The maximum absolute atomic E-state index is 9.43. The van der Waals surface area contributed by atoms with Crippen molar-refractivity contribution in [3.63, 3.8) is 0 Å². The molecule has 136 valence electrons. The zero-order valence-electron chi connectivity index (χ0n) is 14.6. The summed E-state index contributed by atoms with van der Waals surface area (Å²) in [5, 5.41) is 29.1. The van der Waals surface area contributed by atoms with Gasteiger partial charge in [0.25, 0.3) is 0 Å². The smallest absolute Gasteiger partial charge is 0.187 e. The van der Waals surface area contributed by atoms with Crippen LogP contribution in [0.3, 0.4) is 0 Å². The van der Waals surface area contributed by atoms with E-state index in [9.17, 15) is 10.5 Å². The van der Waals surface area contributed by atoms with E-state index in [1.807, 2.05) is 0 Å². The summed E-state index contributed by atoms with van der Waals surface area (Å²) in [5.74, 6) is 1.01. The molecule has 0 radical (unpaired) electrons. The third-order valence-electron chi connectivity index (χ3n) is 5.70. The molecule has 2 fully saturated rings. The lowest BCUT2D eigenvalue weighted by molar-refractivity contribution is 0.190. The van der Waals surface area contributed by atoms with Crippen LogP contribution in [0.25, 0.3) is 0 Å². The van der Waals surface area contributed by atoms with Crippen LogP contribution < -0.4 is 22.5 Å². The molecule has 25 heavy (non-hydrogen) atoms. The fourth-order valence-electron chi connectivity index (χ4n) is 4.29. The number of aliphatic imine (C=N–C) groups is 1. The molecule has 8 heteroatoms. The van der Waals surface area contributed by atoms with Crippen LogP contribution in [0.4, 0.5) is 0 Å². The van der Waals surface area contributed by atoms with Crippen molar-refractivity contribution in [2.45, 2.75) is 68.9 Å². The predicted molar refractivity (Wildman–Crippen MR) is 96.1 cm³/mol. The quantitative estimate of drug-likeness (QED) is 0.376. The van der Waals surface area contributed by atoms with Crippen LogP contribution in [0.2, 0.25) is 0 Å². The third kappa shape index (κ3) is 4.76. The summed E-state index contributed by atoms with van der Waals surface area (Å²) in [6, 6.07) is 4.59. The van der Waals surface area contributed by atoms with Gasteiger partial charge in [-0.25, -0.2) is 4.99 Å². The van der Waals surface area contributed by atoms with Crippen molar-refractivity contribution in [3.8, 4) is 12.1 Å². The first kappa shape index (κ1) is 18.9. The van der Waals surface area contributed by atoms with E-state index in [1.54, 1.807) is 0 Å². The van der Waals surface area contributed by atoms with Crippen LogP contribution >= 0.6 is 0 Å². The van der Waals surface area contributed by atoms with Crippen LogP contribution in [-0.2, 0) is 0 Å². The molecule has 0 saturated heterocycles. The summed E-state index contributed by atoms with van der Waals surface area (Å²) in [7, 11) is 0. The number of hydrogen-bond acceptors (Lipinski definition) is 4. The van der Waals surface area contributed by atoms with Crippen molar-refractivity contribution >= 4 is 11.9 Å². The Morgan fingerprint density at radius 1 is 1.00 bits per heavy atom. The Morgan fingerprint density at radius 2 is 1.52 bits per heavy atom. The highest BCUT2D eigenvalue weighted by molar-refractivity contribution is 5.76. The van der Waals surface area contributed by atoms with Gasteiger partial charge in [0.15, 0.2) is 17.5 Å².